The van der Waals surface area contributed by atoms with E-state index < -0.39 is 0 Å². The van der Waals surface area contributed by atoms with Crippen molar-refractivity contribution in [1.82, 2.24) is 9.78 Å². The fraction of sp³-hybridized carbons (Fsp3) is 0.667. The lowest BCUT2D eigenvalue weighted by Crippen LogP contribution is -2.32. The maximum Gasteiger partial charge on any atom is 0.229 e. The van der Waals surface area contributed by atoms with E-state index in [0.29, 0.717) is 12.4 Å². The van der Waals surface area contributed by atoms with Gasteiger partial charge in [-0.15, -0.1) is 0 Å². The highest BCUT2D eigenvalue weighted by atomic mass is 16.2. The normalized spacial score (nSPS) is 13.5. The number of hydrogen-bond acceptors (Lipinski definition) is 3. The van der Waals surface area contributed by atoms with Crippen molar-refractivity contribution >= 4 is 11.7 Å². The molecular formula is C12H22N4O. The topological polar surface area (TPSA) is 72.9 Å². The highest BCUT2D eigenvalue weighted by molar-refractivity contribution is 5.91. The van der Waals surface area contributed by atoms with Crippen LogP contribution in [0.25, 0.3) is 0 Å². The molecule has 1 aromatic rings. The molecule has 1 aromatic heterocycles. The van der Waals surface area contributed by atoms with Gasteiger partial charge in [0.1, 0.15) is 0 Å². The van der Waals surface area contributed by atoms with Gasteiger partial charge in [-0.05, 0) is 11.8 Å². The summed E-state index contributed by atoms with van der Waals surface area (Å²) in [6.45, 7) is 6.66. The van der Waals surface area contributed by atoms with E-state index >= 15 is 0 Å². The number of nitrogens with one attached hydrogen (secondary N) is 1. The Morgan fingerprint density at radius 2 is 2.24 bits per heavy atom. The number of carbonyl (C=O) groups excluding carboxylic acids is 1. The first-order valence-electron chi connectivity index (χ1n) is 5.82. The second kappa shape index (κ2) is 5.31. The number of carbonyl (C=O) groups is 1. The van der Waals surface area contributed by atoms with Crippen molar-refractivity contribution in [2.24, 2.45) is 24.1 Å². The molecule has 0 radical (unpaired) electrons. The van der Waals surface area contributed by atoms with E-state index in [1.165, 1.54) is 0 Å². The van der Waals surface area contributed by atoms with Crippen LogP contribution in [0.1, 0.15) is 27.2 Å². The monoisotopic (exact) mass is 238 g/mol. The lowest BCUT2D eigenvalue weighted by molar-refractivity contribution is -0.120. The van der Waals surface area contributed by atoms with Crippen LogP contribution >= 0.6 is 0 Å². The first-order valence-corrected chi connectivity index (χ1v) is 5.82. The number of amides is 1. The number of hydrogen-bond donors (Lipinski definition) is 2. The molecule has 0 fully saturated rings. The number of anilines is 1. The molecule has 96 valence electrons. The summed E-state index contributed by atoms with van der Waals surface area (Å²) >= 11 is 0. The van der Waals surface area contributed by atoms with Crippen LogP contribution in [0.2, 0.25) is 0 Å². The van der Waals surface area contributed by atoms with E-state index in [-0.39, 0.29) is 17.2 Å². The second-order valence-electron chi connectivity index (χ2n) is 5.56. The molecule has 5 heteroatoms. The average Bonchev–Trinajstić information content (AvgIpc) is 2.59. The first-order chi connectivity index (χ1) is 7.81. The van der Waals surface area contributed by atoms with E-state index in [1.807, 2.05) is 7.05 Å². The summed E-state index contributed by atoms with van der Waals surface area (Å²) < 4.78 is 1.65. The number of rotatable bonds is 4. The number of aryl methyl sites for hydroxylation is 1. The molecule has 0 aliphatic carbocycles. The molecule has 0 aliphatic rings. The third-order valence-electron chi connectivity index (χ3n) is 2.48. The molecule has 17 heavy (non-hydrogen) atoms. The largest absolute Gasteiger partial charge is 0.330 e. The molecule has 1 atom stereocenters. The molecular weight excluding hydrogens is 216 g/mol. The Labute approximate surface area is 102 Å². The molecule has 3 N–H and O–H groups in total. The van der Waals surface area contributed by atoms with Crippen LogP contribution in [0.3, 0.4) is 0 Å². The number of aromatic nitrogens is 2. The van der Waals surface area contributed by atoms with E-state index in [9.17, 15) is 4.79 Å². The van der Waals surface area contributed by atoms with Gasteiger partial charge in [0, 0.05) is 25.9 Å². The third kappa shape index (κ3) is 4.56. The van der Waals surface area contributed by atoms with Gasteiger partial charge >= 0.3 is 0 Å². The van der Waals surface area contributed by atoms with Gasteiger partial charge < -0.3 is 11.1 Å². The SMILES string of the molecule is Cn1ccc(NC(=O)C(CN)CC(C)(C)C)n1. The molecule has 0 saturated heterocycles. The summed E-state index contributed by atoms with van der Waals surface area (Å²) in [6, 6.07) is 1.77. The summed E-state index contributed by atoms with van der Waals surface area (Å²) in [5.41, 5.74) is 5.74. The third-order valence-corrected chi connectivity index (χ3v) is 2.48. The summed E-state index contributed by atoms with van der Waals surface area (Å²) in [6.07, 6.45) is 2.55. The molecule has 1 rings (SSSR count). The van der Waals surface area contributed by atoms with Crippen LogP contribution in [0.4, 0.5) is 5.82 Å². The molecule has 1 unspecified atom stereocenters. The van der Waals surface area contributed by atoms with Crippen molar-refractivity contribution in [3.05, 3.63) is 12.3 Å². The Hall–Kier alpha value is -1.36. The Morgan fingerprint density at radius 3 is 2.65 bits per heavy atom. The minimum Gasteiger partial charge on any atom is -0.330 e. The van der Waals surface area contributed by atoms with Crippen LogP contribution in [-0.2, 0) is 11.8 Å². The van der Waals surface area contributed by atoms with Crippen molar-refractivity contribution < 1.29 is 4.79 Å². The molecule has 0 saturated carbocycles. The minimum atomic E-state index is -0.169. The van der Waals surface area contributed by atoms with E-state index in [0.717, 1.165) is 6.42 Å². The predicted molar refractivity (Wildman–Crippen MR) is 68.5 cm³/mol. The molecule has 0 bridgehead atoms. The lowest BCUT2D eigenvalue weighted by atomic mass is 9.84. The maximum absolute atomic E-state index is 12.0. The van der Waals surface area contributed by atoms with Gasteiger partial charge in [0.15, 0.2) is 5.82 Å². The molecule has 1 heterocycles. The molecule has 5 nitrogen and oxygen atoms in total. The van der Waals surface area contributed by atoms with Crippen LogP contribution in [0.5, 0.6) is 0 Å². The smallest absolute Gasteiger partial charge is 0.229 e. The van der Waals surface area contributed by atoms with Gasteiger partial charge in [-0.25, -0.2) is 0 Å². The van der Waals surface area contributed by atoms with E-state index in [2.05, 4.69) is 31.2 Å². The van der Waals surface area contributed by atoms with Crippen molar-refractivity contribution in [3.63, 3.8) is 0 Å². The van der Waals surface area contributed by atoms with Crippen molar-refractivity contribution in [3.8, 4) is 0 Å². The Morgan fingerprint density at radius 1 is 1.59 bits per heavy atom. The molecule has 0 spiro atoms. The van der Waals surface area contributed by atoms with Crippen molar-refractivity contribution in [2.45, 2.75) is 27.2 Å². The number of nitrogens with zero attached hydrogens (tertiary/aromatic N) is 2. The Bertz CT molecular complexity index is 378. The first kappa shape index (κ1) is 13.7. The zero-order valence-corrected chi connectivity index (χ0v) is 11.0. The lowest BCUT2D eigenvalue weighted by Gasteiger charge is -2.23. The molecule has 1 amide bonds. The average molecular weight is 238 g/mol. The highest BCUT2D eigenvalue weighted by Crippen LogP contribution is 2.24. The fourth-order valence-corrected chi connectivity index (χ4v) is 1.73. The zero-order valence-electron chi connectivity index (χ0n) is 11.0. The van der Waals surface area contributed by atoms with Crippen LogP contribution in [0.15, 0.2) is 12.3 Å². The van der Waals surface area contributed by atoms with Gasteiger partial charge in [-0.3, -0.25) is 9.48 Å². The van der Waals surface area contributed by atoms with Crippen LogP contribution in [-0.4, -0.2) is 22.2 Å². The van der Waals surface area contributed by atoms with Crippen molar-refractivity contribution in [2.75, 3.05) is 11.9 Å². The number of nitrogens with two attached hydrogens (primary N) is 1. The van der Waals surface area contributed by atoms with E-state index in [1.54, 1.807) is 16.9 Å². The highest BCUT2D eigenvalue weighted by Gasteiger charge is 2.24. The molecule has 0 aromatic carbocycles. The minimum absolute atomic E-state index is 0.0545. The van der Waals surface area contributed by atoms with Crippen LogP contribution < -0.4 is 11.1 Å². The summed E-state index contributed by atoms with van der Waals surface area (Å²) in [7, 11) is 1.81. The van der Waals surface area contributed by atoms with Gasteiger partial charge in [0.25, 0.3) is 0 Å². The van der Waals surface area contributed by atoms with Gasteiger partial charge in [0.05, 0.1) is 5.92 Å². The van der Waals surface area contributed by atoms with Crippen LogP contribution in [0, 0.1) is 11.3 Å². The van der Waals surface area contributed by atoms with E-state index in [4.69, 9.17) is 5.73 Å². The summed E-state index contributed by atoms with van der Waals surface area (Å²) in [5.74, 6) is 0.350. The zero-order chi connectivity index (χ0) is 13.1. The van der Waals surface area contributed by atoms with Gasteiger partial charge in [-0.2, -0.15) is 5.10 Å². The van der Waals surface area contributed by atoms with Gasteiger partial charge in [-0.1, -0.05) is 20.8 Å². The van der Waals surface area contributed by atoms with Crippen molar-refractivity contribution in [1.29, 1.82) is 0 Å². The summed E-state index contributed by atoms with van der Waals surface area (Å²) in [5, 5.41) is 6.89. The Balaban J connectivity index is 2.61. The Kier molecular flexibility index (Phi) is 4.28. The molecule has 0 aliphatic heterocycles. The maximum atomic E-state index is 12.0. The fourth-order valence-electron chi connectivity index (χ4n) is 1.73. The quantitative estimate of drug-likeness (QED) is 0.832. The van der Waals surface area contributed by atoms with Gasteiger partial charge in [0.2, 0.25) is 5.91 Å². The summed E-state index contributed by atoms with van der Waals surface area (Å²) in [4.78, 5) is 12.0. The second-order valence-corrected chi connectivity index (χ2v) is 5.56. The standard InChI is InChI=1S/C12H22N4O/c1-12(2,3)7-9(8-13)11(17)14-10-5-6-16(4)15-10/h5-6,9H,7-8,13H2,1-4H3,(H,14,15,17). The predicted octanol–water partition coefficient (Wildman–Crippen LogP) is 1.37.